The third kappa shape index (κ3) is 8.14. The average molecular weight is 204 g/mol. The quantitative estimate of drug-likeness (QED) is 0.337. The fourth-order valence-corrected chi connectivity index (χ4v) is 2.34. The number of rotatable bonds is 7. The highest BCUT2D eigenvalue weighted by molar-refractivity contribution is 6.64. The van der Waals surface area contributed by atoms with Crippen LogP contribution in [0.1, 0.15) is 12.8 Å². The Hall–Kier alpha value is -0.203. The summed E-state index contributed by atoms with van der Waals surface area (Å²) in [6, 6.07) is 0.822. The summed E-state index contributed by atoms with van der Waals surface area (Å²) in [4.78, 5) is 18.9. The van der Waals surface area contributed by atoms with Crippen LogP contribution in [0.5, 0.6) is 0 Å². The minimum Gasteiger partial charge on any atom is -0.411 e. The summed E-state index contributed by atoms with van der Waals surface area (Å²) in [7, 11) is -2.97. The van der Waals surface area contributed by atoms with Gasteiger partial charge in [0.15, 0.2) is 0 Å². The molecule has 0 aliphatic heterocycles. The molecule has 0 aromatic carbocycles. The van der Waals surface area contributed by atoms with Crippen LogP contribution in [0, 0.1) is 0 Å². The number of allylic oxidation sites excluding steroid dienone is 1. The third-order valence-corrected chi connectivity index (χ3v) is 3.93. The van der Waals surface area contributed by atoms with Crippen molar-refractivity contribution in [2.24, 2.45) is 11.5 Å². The average Bonchev–Trinajstić information content (AvgIpc) is 2.04. The van der Waals surface area contributed by atoms with E-state index < -0.39 is 8.56 Å². The summed E-state index contributed by atoms with van der Waals surface area (Å²) in [6.07, 6.45) is 5.46. The fourth-order valence-electron chi connectivity index (χ4n) is 1.00. The highest BCUT2D eigenvalue weighted by atomic mass is 28.4. The molecule has 0 aliphatic carbocycles. The summed E-state index contributed by atoms with van der Waals surface area (Å²) in [6.45, 7) is 0.992. The van der Waals surface area contributed by atoms with Crippen LogP contribution in [-0.4, -0.2) is 31.2 Å². The van der Waals surface area contributed by atoms with E-state index in [1.165, 1.54) is 0 Å². The van der Waals surface area contributed by atoms with Gasteiger partial charge in [-0.25, -0.2) is 0 Å². The van der Waals surface area contributed by atoms with Crippen LogP contribution in [0.2, 0.25) is 12.1 Å². The van der Waals surface area contributed by atoms with Crippen LogP contribution >= 0.6 is 0 Å². The lowest BCUT2D eigenvalue weighted by Crippen LogP contribution is -2.36. The molecule has 0 amide bonds. The molecule has 0 spiro atoms. The maximum atomic E-state index is 9.43. The molecule has 0 bridgehead atoms. The minimum absolute atomic E-state index is 0.353. The van der Waals surface area contributed by atoms with Crippen LogP contribution in [0.15, 0.2) is 12.2 Å². The van der Waals surface area contributed by atoms with Gasteiger partial charge in [-0.1, -0.05) is 12.2 Å². The Bertz CT molecular complexity index is 151. The molecule has 0 atom stereocenters. The van der Waals surface area contributed by atoms with Crippen LogP contribution in [-0.2, 0) is 0 Å². The first-order chi connectivity index (χ1) is 6.12. The predicted octanol–water partition coefficient (Wildman–Crippen LogP) is -0.333. The van der Waals surface area contributed by atoms with Gasteiger partial charge in [0.05, 0.1) is 0 Å². The molecule has 6 N–H and O–H groups in total. The zero-order valence-corrected chi connectivity index (χ0v) is 8.95. The lowest BCUT2D eigenvalue weighted by atomic mass is 10.3. The number of hydrogen-bond acceptors (Lipinski definition) is 4. The van der Waals surface area contributed by atoms with Crippen LogP contribution in [0.3, 0.4) is 0 Å². The van der Waals surface area contributed by atoms with E-state index in [4.69, 9.17) is 11.5 Å². The summed E-state index contributed by atoms with van der Waals surface area (Å²) >= 11 is 0. The van der Waals surface area contributed by atoms with Crippen molar-refractivity contribution in [2.45, 2.75) is 24.9 Å². The zero-order chi connectivity index (χ0) is 10.2. The second-order valence-electron chi connectivity index (χ2n) is 3.11. The van der Waals surface area contributed by atoms with Crippen LogP contribution < -0.4 is 11.5 Å². The van der Waals surface area contributed by atoms with Gasteiger partial charge in [0.1, 0.15) is 0 Å². The zero-order valence-electron chi connectivity index (χ0n) is 7.95. The maximum absolute atomic E-state index is 9.43. The second-order valence-corrected chi connectivity index (χ2v) is 6.07. The molecule has 0 radical (unpaired) electrons. The van der Waals surface area contributed by atoms with Gasteiger partial charge in [-0.15, -0.1) is 0 Å². The van der Waals surface area contributed by atoms with Gasteiger partial charge in [-0.05, 0) is 32.0 Å². The molecule has 0 saturated heterocycles. The molecule has 0 unspecified atom stereocenters. The summed E-state index contributed by atoms with van der Waals surface area (Å²) in [5.74, 6) is 0. The Morgan fingerprint density at radius 3 is 2.08 bits per heavy atom. The molecule has 5 heteroatoms. The molecule has 0 rings (SSSR count). The molecular weight excluding hydrogens is 184 g/mol. The van der Waals surface area contributed by atoms with Gasteiger partial charge < -0.3 is 21.1 Å². The Morgan fingerprint density at radius 2 is 1.54 bits per heavy atom. The first-order valence-corrected chi connectivity index (χ1v) is 6.93. The topological polar surface area (TPSA) is 92.5 Å². The largest absolute Gasteiger partial charge is 0.411 e. The van der Waals surface area contributed by atoms with Crippen LogP contribution in [0.25, 0.3) is 0 Å². The normalized spacial score (nSPS) is 12.6. The first kappa shape index (κ1) is 12.8. The SMILES string of the molecule is NCCC=CCC[Si](O)(O)CCN. The Kier molecular flexibility index (Phi) is 7.11. The molecule has 0 aliphatic rings. The van der Waals surface area contributed by atoms with Crippen molar-refractivity contribution >= 4 is 8.56 Å². The van der Waals surface area contributed by atoms with E-state index >= 15 is 0 Å². The van der Waals surface area contributed by atoms with E-state index in [2.05, 4.69) is 0 Å². The van der Waals surface area contributed by atoms with Gasteiger partial charge in [0, 0.05) is 6.04 Å². The smallest absolute Gasteiger partial charge is 0.334 e. The first-order valence-electron chi connectivity index (χ1n) is 4.62. The van der Waals surface area contributed by atoms with E-state index in [0.717, 1.165) is 6.42 Å². The van der Waals surface area contributed by atoms with E-state index in [1.807, 2.05) is 12.2 Å². The molecule has 0 saturated carbocycles. The monoisotopic (exact) mass is 204 g/mol. The summed E-state index contributed by atoms with van der Waals surface area (Å²) < 4.78 is 0. The van der Waals surface area contributed by atoms with Crippen molar-refractivity contribution < 1.29 is 9.59 Å². The van der Waals surface area contributed by atoms with Gasteiger partial charge in [-0.3, -0.25) is 0 Å². The van der Waals surface area contributed by atoms with E-state index in [1.54, 1.807) is 0 Å². The Labute approximate surface area is 80.5 Å². The van der Waals surface area contributed by atoms with Crippen molar-refractivity contribution in [1.29, 1.82) is 0 Å². The summed E-state index contributed by atoms with van der Waals surface area (Å²) in [5, 5.41) is 0. The van der Waals surface area contributed by atoms with E-state index in [-0.39, 0.29) is 0 Å². The van der Waals surface area contributed by atoms with Gasteiger partial charge in [0.2, 0.25) is 0 Å². The molecule has 13 heavy (non-hydrogen) atoms. The number of hydrogen-bond donors (Lipinski definition) is 4. The fraction of sp³-hybridized carbons (Fsp3) is 0.750. The summed E-state index contributed by atoms with van der Waals surface area (Å²) in [5.41, 5.74) is 10.5. The Balaban J connectivity index is 3.50. The maximum Gasteiger partial charge on any atom is 0.334 e. The molecule has 0 aromatic heterocycles. The van der Waals surface area contributed by atoms with Gasteiger partial charge >= 0.3 is 8.56 Å². The lowest BCUT2D eigenvalue weighted by molar-refractivity contribution is 0.358. The van der Waals surface area contributed by atoms with Crippen molar-refractivity contribution in [3.8, 4) is 0 Å². The standard InChI is InChI=1S/C8H20N2O2Si/c9-5-3-1-2-4-7-13(11,12)8-6-10/h1-2,11-12H,3-10H2. The van der Waals surface area contributed by atoms with E-state index in [0.29, 0.717) is 31.6 Å². The lowest BCUT2D eigenvalue weighted by Gasteiger charge is -2.15. The second kappa shape index (κ2) is 7.22. The van der Waals surface area contributed by atoms with Crippen LogP contribution in [0.4, 0.5) is 0 Å². The van der Waals surface area contributed by atoms with Crippen molar-refractivity contribution in [2.75, 3.05) is 13.1 Å². The Morgan fingerprint density at radius 1 is 0.923 bits per heavy atom. The molecule has 78 valence electrons. The molecular formula is C8H20N2O2Si. The van der Waals surface area contributed by atoms with Gasteiger partial charge in [0.25, 0.3) is 0 Å². The molecule has 0 fully saturated rings. The highest BCUT2D eigenvalue weighted by Gasteiger charge is 2.26. The van der Waals surface area contributed by atoms with Crippen molar-refractivity contribution in [3.63, 3.8) is 0 Å². The van der Waals surface area contributed by atoms with Gasteiger partial charge in [-0.2, -0.15) is 0 Å². The molecule has 0 heterocycles. The number of nitrogens with two attached hydrogens (primary N) is 2. The third-order valence-electron chi connectivity index (χ3n) is 1.76. The molecule has 4 nitrogen and oxygen atoms in total. The highest BCUT2D eigenvalue weighted by Crippen LogP contribution is 2.10. The minimum atomic E-state index is -2.97. The predicted molar refractivity (Wildman–Crippen MR) is 56.3 cm³/mol. The van der Waals surface area contributed by atoms with Crippen molar-refractivity contribution in [1.82, 2.24) is 0 Å². The molecule has 0 aromatic rings. The van der Waals surface area contributed by atoms with Crippen molar-refractivity contribution in [3.05, 3.63) is 12.2 Å². The van der Waals surface area contributed by atoms with E-state index in [9.17, 15) is 9.59 Å².